The fourth-order valence-electron chi connectivity index (χ4n) is 4.61. The highest BCUT2D eigenvalue weighted by molar-refractivity contribution is 5.12. The van der Waals surface area contributed by atoms with E-state index in [0.717, 1.165) is 24.0 Å². The Morgan fingerprint density at radius 1 is 0.944 bits per heavy atom. The van der Waals surface area contributed by atoms with Crippen LogP contribution in [0, 0.1) is 11.3 Å². The molecule has 2 heteroatoms. The van der Waals surface area contributed by atoms with Crippen molar-refractivity contribution in [3.63, 3.8) is 0 Å². The van der Waals surface area contributed by atoms with E-state index in [4.69, 9.17) is 0 Å². The standard InChI is InChI=1S/C16H32N2/c1-15(2,3)14-11-9-12(17(7)8)13(10-11)18(14)16(4,5)6/h11-14H,9-10H2,1-8H3/t11?,12?,13?,14-/m0/s1. The van der Waals surface area contributed by atoms with Crippen LogP contribution >= 0.6 is 0 Å². The van der Waals surface area contributed by atoms with E-state index in [1.165, 1.54) is 12.8 Å². The summed E-state index contributed by atoms with van der Waals surface area (Å²) in [7, 11) is 4.50. The molecule has 3 unspecified atom stereocenters. The molecular formula is C16H32N2. The number of hydrogen-bond acceptors (Lipinski definition) is 2. The third-order valence-corrected chi connectivity index (χ3v) is 4.96. The van der Waals surface area contributed by atoms with Crippen LogP contribution in [0.15, 0.2) is 0 Å². The van der Waals surface area contributed by atoms with Gasteiger partial charge in [-0.25, -0.2) is 0 Å². The Kier molecular flexibility index (Phi) is 3.35. The lowest BCUT2D eigenvalue weighted by molar-refractivity contribution is -0.0380. The van der Waals surface area contributed by atoms with Gasteiger partial charge in [-0.05, 0) is 59.0 Å². The molecule has 1 aliphatic heterocycles. The van der Waals surface area contributed by atoms with Gasteiger partial charge in [0.2, 0.25) is 0 Å². The maximum Gasteiger partial charge on any atom is 0.0263 e. The first-order valence-corrected chi connectivity index (χ1v) is 7.48. The molecule has 1 heterocycles. The Bertz CT molecular complexity index is 308. The van der Waals surface area contributed by atoms with E-state index in [2.05, 4.69) is 65.4 Å². The van der Waals surface area contributed by atoms with Crippen LogP contribution in [0.25, 0.3) is 0 Å². The molecule has 0 radical (unpaired) electrons. The molecule has 0 aromatic carbocycles. The molecule has 2 nitrogen and oxygen atoms in total. The Labute approximate surface area is 114 Å². The zero-order chi connectivity index (χ0) is 13.9. The molecule has 1 saturated carbocycles. The second-order valence-corrected chi connectivity index (χ2v) is 8.72. The minimum atomic E-state index is 0.284. The summed E-state index contributed by atoms with van der Waals surface area (Å²) < 4.78 is 0. The van der Waals surface area contributed by atoms with Gasteiger partial charge in [0.1, 0.15) is 0 Å². The number of rotatable bonds is 1. The Hall–Kier alpha value is -0.0800. The molecule has 2 bridgehead atoms. The summed E-state index contributed by atoms with van der Waals surface area (Å²) in [5.41, 5.74) is 0.677. The monoisotopic (exact) mass is 252 g/mol. The highest BCUT2D eigenvalue weighted by Crippen LogP contribution is 2.52. The normalized spacial score (nSPS) is 37.8. The number of hydrogen-bond donors (Lipinski definition) is 0. The van der Waals surface area contributed by atoms with E-state index in [1.54, 1.807) is 0 Å². The zero-order valence-electron chi connectivity index (χ0n) is 13.6. The predicted molar refractivity (Wildman–Crippen MR) is 78.8 cm³/mol. The fourth-order valence-corrected chi connectivity index (χ4v) is 4.61. The van der Waals surface area contributed by atoms with Crippen LogP contribution in [0.5, 0.6) is 0 Å². The van der Waals surface area contributed by atoms with E-state index in [9.17, 15) is 0 Å². The van der Waals surface area contributed by atoms with Crippen LogP contribution in [0.4, 0.5) is 0 Å². The van der Waals surface area contributed by atoms with Crippen molar-refractivity contribution in [3.05, 3.63) is 0 Å². The summed E-state index contributed by atoms with van der Waals surface area (Å²) in [6.45, 7) is 14.4. The SMILES string of the molecule is CN(C)C1CC2CC1N(C(C)(C)C)[C@@H]2C(C)(C)C. The average Bonchev–Trinajstić information content (AvgIpc) is 2.69. The highest BCUT2D eigenvalue weighted by Gasteiger charge is 2.57. The van der Waals surface area contributed by atoms with Crippen molar-refractivity contribution in [1.82, 2.24) is 9.80 Å². The van der Waals surface area contributed by atoms with Crippen LogP contribution in [0.1, 0.15) is 54.4 Å². The van der Waals surface area contributed by atoms with Gasteiger partial charge in [0, 0.05) is 23.7 Å². The minimum absolute atomic E-state index is 0.284. The number of fused-ring (bicyclic) bond motifs is 2. The first kappa shape index (κ1) is 14.3. The largest absolute Gasteiger partial charge is 0.305 e. The lowest BCUT2D eigenvalue weighted by Crippen LogP contribution is -2.61. The van der Waals surface area contributed by atoms with Crippen molar-refractivity contribution in [1.29, 1.82) is 0 Å². The molecular weight excluding hydrogens is 220 g/mol. The van der Waals surface area contributed by atoms with Gasteiger partial charge in [-0.2, -0.15) is 0 Å². The summed E-state index contributed by atoms with van der Waals surface area (Å²) >= 11 is 0. The quantitative estimate of drug-likeness (QED) is 0.707. The molecule has 0 spiro atoms. The molecule has 18 heavy (non-hydrogen) atoms. The molecule has 0 aromatic heterocycles. The van der Waals surface area contributed by atoms with E-state index >= 15 is 0 Å². The van der Waals surface area contributed by atoms with E-state index in [1.807, 2.05) is 0 Å². The van der Waals surface area contributed by atoms with Crippen molar-refractivity contribution >= 4 is 0 Å². The van der Waals surface area contributed by atoms with Gasteiger partial charge in [-0.3, -0.25) is 4.90 Å². The van der Waals surface area contributed by atoms with Gasteiger partial charge in [-0.15, -0.1) is 0 Å². The Morgan fingerprint density at radius 3 is 1.89 bits per heavy atom. The summed E-state index contributed by atoms with van der Waals surface area (Å²) in [6.07, 6.45) is 2.80. The number of nitrogens with zero attached hydrogens (tertiary/aromatic N) is 2. The molecule has 1 aliphatic carbocycles. The van der Waals surface area contributed by atoms with E-state index < -0.39 is 0 Å². The molecule has 0 amide bonds. The van der Waals surface area contributed by atoms with Gasteiger partial charge in [0.15, 0.2) is 0 Å². The van der Waals surface area contributed by atoms with E-state index in [0.29, 0.717) is 5.41 Å². The van der Waals surface area contributed by atoms with Crippen molar-refractivity contribution in [2.24, 2.45) is 11.3 Å². The van der Waals surface area contributed by atoms with E-state index in [-0.39, 0.29) is 5.54 Å². The molecule has 2 fully saturated rings. The second-order valence-electron chi connectivity index (χ2n) is 8.72. The molecule has 1 saturated heterocycles. The van der Waals surface area contributed by atoms with Gasteiger partial charge in [0.25, 0.3) is 0 Å². The first-order valence-electron chi connectivity index (χ1n) is 7.48. The summed E-state index contributed by atoms with van der Waals surface area (Å²) in [5.74, 6) is 0.890. The van der Waals surface area contributed by atoms with Gasteiger partial charge in [0.05, 0.1) is 0 Å². The molecule has 0 aromatic rings. The van der Waals surface area contributed by atoms with Crippen molar-refractivity contribution in [2.45, 2.75) is 78.0 Å². The number of likely N-dealkylation sites (tertiary alicyclic amines) is 1. The first-order chi connectivity index (χ1) is 8.03. The zero-order valence-corrected chi connectivity index (χ0v) is 13.6. The second kappa shape index (κ2) is 4.21. The van der Waals surface area contributed by atoms with Gasteiger partial charge in [-0.1, -0.05) is 20.8 Å². The molecule has 2 aliphatic rings. The molecule has 4 atom stereocenters. The van der Waals surface area contributed by atoms with Crippen LogP contribution in [0.3, 0.4) is 0 Å². The number of piperidine rings is 1. The van der Waals surface area contributed by atoms with Gasteiger partial charge >= 0.3 is 0 Å². The molecule has 106 valence electrons. The summed E-state index contributed by atoms with van der Waals surface area (Å²) in [4.78, 5) is 5.29. The maximum atomic E-state index is 2.84. The Morgan fingerprint density at radius 2 is 1.50 bits per heavy atom. The summed E-state index contributed by atoms with van der Waals surface area (Å²) in [5, 5.41) is 0. The minimum Gasteiger partial charge on any atom is -0.305 e. The van der Waals surface area contributed by atoms with Crippen LogP contribution in [-0.4, -0.2) is 47.6 Å². The maximum absolute atomic E-state index is 2.84. The van der Waals surface area contributed by atoms with Crippen LogP contribution in [-0.2, 0) is 0 Å². The molecule has 2 rings (SSSR count). The van der Waals surface area contributed by atoms with Crippen molar-refractivity contribution < 1.29 is 0 Å². The van der Waals surface area contributed by atoms with Crippen LogP contribution in [0.2, 0.25) is 0 Å². The smallest absolute Gasteiger partial charge is 0.0263 e. The molecule has 0 N–H and O–H groups in total. The Balaban J connectivity index is 2.32. The lowest BCUT2D eigenvalue weighted by atomic mass is 9.76. The third-order valence-electron chi connectivity index (χ3n) is 4.96. The van der Waals surface area contributed by atoms with Gasteiger partial charge < -0.3 is 4.90 Å². The predicted octanol–water partition coefficient (Wildman–Crippen LogP) is 3.22. The lowest BCUT2D eigenvalue weighted by Gasteiger charge is -2.52. The van der Waals surface area contributed by atoms with Crippen molar-refractivity contribution in [2.75, 3.05) is 14.1 Å². The third kappa shape index (κ3) is 2.22. The fraction of sp³-hybridized carbons (Fsp3) is 1.00. The summed E-state index contributed by atoms with van der Waals surface area (Å²) in [6, 6.07) is 2.26. The van der Waals surface area contributed by atoms with Crippen molar-refractivity contribution in [3.8, 4) is 0 Å². The highest BCUT2D eigenvalue weighted by atomic mass is 15.3. The van der Waals surface area contributed by atoms with Crippen LogP contribution < -0.4 is 0 Å². The topological polar surface area (TPSA) is 6.48 Å². The average molecular weight is 252 g/mol. The number of likely N-dealkylation sites (N-methyl/N-ethyl adjacent to an activating group) is 1.